The van der Waals surface area contributed by atoms with Gasteiger partial charge in [-0.25, -0.2) is 0 Å². The van der Waals surface area contributed by atoms with Crippen molar-refractivity contribution in [2.45, 2.75) is 11.3 Å². The Hall–Kier alpha value is -3.21. The number of para-hydroxylation sites is 1. The summed E-state index contributed by atoms with van der Waals surface area (Å²) in [6, 6.07) is 17.4. The van der Waals surface area contributed by atoms with Crippen LogP contribution in [0.25, 0.3) is 17.1 Å². The Morgan fingerprint density at radius 1 is 1.06 bits per heavy atom. The lowest BCUT2D eigenvalue weighted by atomic mass is 10.2. The van der Waals surface area contributed by atoms with Gasteiger partial charge >= 0.3 is 6.18 Å². The van der Waals surface area contributed by atoms with E-state index in [0.29, 0.717) is 33.0 Å². The van der Waals surface area contributed by atoms with Gasteiger partial charge in [-0.15, -0.1) is 10.2 Å². The highest BCUT2D eigenvalue weighted by molar-refractivity contribution is 7.99. The number of aromatic nitrogens is 3. The van der Waals surface area contributed by atoms with Gasteiger partial charge < -0.3 is 10.1 Å². The SMILES string of the molecule is COc1ccccc1-c1nnc(SCC(=O)Nc2ccc(Cl)c(C(F)(F)F)c2)n1-c1ccc(Cl)cc1. The van der Waals surface area contributed by atoms with E-state index in [2.05, 4.69) is 15.5 Å². The Labute approximate surface area is 218 Å². The number of methoxy groups -OCH3 is 1. The Balaban J connectivity index is 1.60. The fraction of sp³-hybridized carbons (Fsp3) is 0.125. The maximum absolute atomic E-state index is 13.1. The molecule has 4 rings (SSSR count). The molecule has 0 aliphatic heterocycles. The van der Waals surface area contributed by atoms with E-state index < -0.39 is 22.7 Å². The molecule has 4 aromatic rings. The summed E-state index contributed by atoms with van der Waals surface area (Å²) in [5.41, 5.74) is 0.324. The smallest absolute Gasteiger partial charge is 0.417 e. The maximum Gasteiger partial charge on any atom is 0.417 e. The fourth-order valence-electron chi connectivity index (χ4n) is 3.34. The first-order chi connectivity index (χ1) is 17.2. The summed E-state index contributed by atoms with van der Waals surface area (Å²) in [5, 5.41) is 11.5. The number of hydrogen-bond donors (Lipinski definition) is 1. The van der Waals surface area contributed by atoms with Crippen LogP contribution in [0.4, 0.5) is 18.9 Å². The number of anilines is 1. The normalized spacial score (nSPS) is 11.4. The third-order valence-corrected chi connectivity index (χ3v) is 6.46. The highest BCUT2D eigenvalue weighted by Crippen LogP contribution is 2.37. The van der Waals surface area contributed by atoms with Gasteiger partial charge in [-0.05, 0) is 54.6 Å². The fourth-order valence-corrected chi connectivity index (χ4v) is 4.44. The molecule has 1 amide bonds. The van der Waals surface area contributed by atoms with E-state index in [0.717, 1.165) is 23.9 Å². The number of nitrogens with one attached hydrogen (secondary N) is 1. The molecule has 0 aliphatic rings. The predicted octanol–water partition coefficient (Wildman–Crippen LogP) is 7.00. The molecule has 0 saturated heterocycles. The zero-order chi connectivity index (χ0) is 25.9. The van der Waals surface area contributed by atoms with Crippen LogP contribution >= 0.6 is 35.0 Å². The topological polar surface area (TPSA) is 69.0 Å². The van der Waals surface area contributed by atoms with Crippen LogP contribution in [-0.4, -0.2) is 33.5 Å². The van der Waals surface area contributed by atoms with Gasteiger partial charge in [-0.1, -0.05) is 47.1 Å². The molecule has 186 valence electrons. The summed E-state index contributed by atoms with van der Waals surface area (Å²) < 4.78 is 46.6. The molecule has 0 aliphatic carbocycles. The number of amides is 1. The van der Waals surface area contributed by atoms with Crippen LogP contribution in [0.3, 0.4) is 0 Å². The molecule has 1 aromatic heterocycles. The second kappa shape index (κ2) is 10.8. The van der Waals surface area contributed by atoms with E-state index in [9.17, 15) is 18.0 Å². The number of rotatable bonds is 7. The highest BCUT2D eigenvalue weighted by Gasteiger charge is 2.33. The lowest BCUT2D eigenvalue weighted by Gasteiger charge is -2.13. The minimum atomic E-state index is -4.64. The average molecular weight is 553 g/mol. The van der Waals surface area contributed by atoms with Crippen molar-refractivity contribution >= 4 is 46.6 Å². The standard InChI is InChI=1S/C24H17Cl2F3N4O2S/c1-35-20-5-3-2-4-17(20)22-31-32-23(33(22)16-9-6-14(25)7-10-16)36-13-21(34)30-15-8-11-19(26)18(12-15)24(27,28)29/h2-12H,13H2,1H3,(H,30,34). The summed E-state index contributed by atoms with van der Waals surface area (Å²) in [4.78, 5) is 12.6. The van der Waals surface area contributed by atoms with Gasteiger partial charge in [-0.2, -0.15) is 13.2 Å². The quantitative estimate of drug-likeness (QED) is 0.250. The lowest BCUT2D eigenvalue weighted by Crippen LogP contribution is -2.15. The molecule has 0 spiro atoms. The van der Waals surface area contributed by atoms with E-state index >= 15 is 0 Å². The second-order valence-corrected chi connectivity index (χ2v) is 9.13. The zero-order valence-corrected chi connectivity index (χ0v) is 20.8. The number of hydrogen-bond acceptors (Lipinski definition) is 5. The average Bonchev–Trinajstić information content (AvgIpc) is 3.27. The number of carbonyl (C=O) groups is 1. The van der Waals surface area contributed by atoms with Crippen LogP contribution in [0.15, 0.2) is 71.9 Å². The minimum Gasteiger partial charge on any atom is -0.496 e. The van der Waals surface area contributed by atoms with Crippen LogP contribution in [0.1, 0.15) is 5.56 Å². The third-order valence-electron chi connectivity index (χ3n) is 4.95. The molecule has 3 aromatic carbocycles. The Bertz CT molecular complexity index is 1400. The minimum absolute atomic E-state index is 0.0220. The summed E-state index contributed by atoms with van der Waals surface area (Å²) in [5.74, 6) is 0.393. The lowest BCUT2D eigenvalue weighted by molar-refractivity contribution is -0.137. The molecule has 1 heterocycles. The van der Waals surface area contributed by atoms with Crippen LogP contribution in [0, 0.1) is 0 Å². The van der Waals surface area contributed by atoms with Crippen LogP contribution < -0.4 is 10.1 Å². The van der Waals surface area contributed by atoms with E-state index in [1.54, 1.807) is 42.0 Å². The Kier molecular flexibility index (Phi) is 7.77. The van der Waals surface area contributed by atoms with Crippen molar-refractivity contribution in [2.75, 3.05) is 18.2 Å². The molecule has 0 unspecified atom stereocenters. The summed E-state index contributed by atoms with van der Waals surface area (Å²) in [6.07, 6.45) is -4.64. The molecular weight excluding hydrogens is 536 g/mol. The van der Waals surface area contributed by atoms with E-state index in [4.69, 9.17) is 27.9 Å². The molecule has 0 radical (unpaired) electrons. The number of alkyl halides is 3. The Morgan fingerprint density at radius 3 is 2.47 bits per heavy atom. The van der Waals surface area contributed by atoms with Crippen molar-refractivity contribution in [1.82, 2.24) is 14.8 Å². The van der Waals surface area contributed by atoms with E-state index in [-0.39, 0.29) is 11.4 Å². The van der Waals surface area contributed by atoms with Gasteiger partial charge in [0.1, 0.15) is 5.75 Å². The van der Waals surface area contributed by atoms with Crippen molar-refractivity contribution in [3.05, 3.63) is 82.3 Å². The molecule has 0 fully saturated rings. The Morgan fingerprint density at radius 2 is 1.78 bits per heavy atom. The number of thioether (sulfide) groups is 1. The van der Waals surface area contributed by atoms with E-state index in [1.165, 1.54) is 6.07 Å². The second-order valence-electron chi connectivity index (χ2n) is 7.35. The van der Waals surface area contributed by atoms with Crippen molar-refractivity contribution < 1.29 is 22.7 Å². The van der Waals surface area contributed by atoms with Crippen LogP contribution in [0.5, 0.6) is 5.75 Å². The van der Waals surface area contributed by atoms with E-state index in [1.807, 2.05) is 18.2 Å². The molecule has 36 heavy (non-hydrogen) atoms. The molecule has 0 bridgehead atoms. The molecule has 6 nitrogen and oxygen atoms in total. The van der Waals surface area contributed by atoms with Gasteiger partial charge in [0.25, 0.3) is 0 Å². The first-order valence-electron chi connectivity index (χ1n) is 10.3. The van der Waals surface area contributed by atoms with Gasteiger partial charge in [-0.3, -0.25) is 9.36 Å². The summed E-state index contributed by atoms with van der Waals surface area (Å²) in [7, 11) is 1.54. The first-order valence-corrected chi connectivity index (χ1v) is 12.1. The predicted molar refractivity (Wildman–Crippen MR) is 134 cm³/mol. The van der Waals surface area contributed by atoms with Crippen molar-refractivity contribution in [3.63, 3.8) is 0 Å². The van der Waals surface area contributed by atoms with Gasteiger partial charge in [0.05, 0.1) is 29.0 Å². The molecule has 0 atom stereocenters. The third kappa shape index (κ3) is 5.77. The summed E-state index contributed by atoms with van der Waals surface area (Å²) in [6.45, 7) is 0. The maximum atomic E-state index is 13.1. The van der Waals surface area contributed by atoms with Crippen molar-refractivity contribution in [3.8, 4) is 22.8 Å². The largest absolute Gasteiger partial charge is 0.496 e. The molecule has 12 heteroatoms. The monoisotopic (exact) mass is 552 g/mol. The van der Waals surface area contributed by atoms with Crippen molar-refractivity contribution in [2.24, 2.45) is 0 Å². The van der Waals surface area contributed by atoms with Gasteiger partial charge in [0.15, 0.2) is 11.0 Å². The number of halogens is 5. The summed E-state index contributed by atoms with van der Waals surface area (Å²) >= 11 is 12.8. The van der Waals surface area contributed by atoms with Gasteiger partial charge in [0, 0.05) is 16.4 Å². The van der Waals surface area contributed by atoms with Crippen molar-refractivity contribution in [1.29, 1.82) is 0 Å². The first kappa shape index (κ1) is 25.9. The number of benzene rings is 3. The molecule has 1 N–H and O–H groups in total. The van der Waals surface area contributed by atoms with Crippen LogP contribution in [-0.2, 0) is 11.0 Å². The molecule has 0 saturated carbocycles. The van der Waals surface area contributed by atoms with Gasteiger partial charge in [0.2, 0.25) is 5.91 Å². The number of nitrogens with zero attached hydrogens (tertiary/aromatic N) is 3. The number of carbonyl (C=O) groups excluding carboxylic acids is 1. The van der Waals surface area contributed by atoms with Crippen LogP contribution in [0.2, 0.25) is 10.0 Å². The highest BCUT2D eigenvalue weighted by atomic mass is 35.5. The zero-order valence-electron chi connectivity index (χ0n) is 18.5. The number of ether oxygens (including phenoxy) is 1. The molecular formula is C24H17Cl2F3N4O2S.